The van der Waals surface area contributed by atoms with Crippen molar-refractivity contribution >= 4 is 34.0 Å². The highest BCUT2D eigenvalue weighted by atomic mass is 35.5. The summed E-state index contributed by atoms with van der Waals surface area (Å²) in [5.74, 6) is 1.21. The normalized spacial score (nSPS) is 17.0. The van der Waals surface area contributed by atoms with E-state index in [1.54, 1.807) is 13.2 Å². The number of rotatable bonds is 7. The molecule has 1 N–H and O–H groups in total. The molecule has 1 aliphatic heterocycles. The van der Waals surface area contributed by atoms with Crippen molar-refractivity contribution in [3.63, 3.8) is 0 Å². The Morgan fingerprint density at radius 1 is 1.26 bits per heavy atom. The third-order valence-electron chi connectivity index (χ3n) is 5.20. The first-order valence-electron chi connectivity index (χ1n) is 10.1. The number of halogens is 2. The van der Waals surface area contributed by atoms with Gasteiger partial charge in [-0.2, -0.15) is 0 Å². The molecule has 0 amide bonds. The summed E-state index contributed by atoms with van der Waals surface area (Å²) in [6.45, 7) is 6.03. The van der Waals surface area contributed by atoms with E-state index in [-0.39, 0.29) is 11.1 Å². The van der Waals surface area contributed by atoms with E-state index in [0.29, 0.717) is 41.7 Å². The van der Waals surface area contributed by atoms with Crippen LogP contribution >= 0.6 is 11.6 Å². The van der Waals surface area contributed by atoms with E-state index in [0.717, 1.165) is 25.0 Å². The van der Waals surface area contributed by atoms with Gasteiger partial charge < -0.3 is 19.5 Å². The minimum atomic E-state index is -0.479. The Balaban J connectivity index is 1.57. The maximum absolute atomic E-state index is 13.5. The van der Waals surface area contributed by atoms with Crippen molar-refractivity contribution < 1.29 is 18.6 Å². The third kappa shape index (κ3) is 4.98. The molecule has 1 saturated heterocycles. The van der Waals surface area contributed by atoms with Crippen LogP contribution in [0.5, 0.6) is 11.5 Å². The van der Waals surface area contributed by atoms with Gasteiger partial charge in [0.2, 0.25) is 0 Å². The standard InChI is InChI=1S/C22H24ClFN4O3/c1-3-28-6-7-30-15(11-28)12-31-21-10-19-16(9-20(21)29-2)22(26-13-25-19)27-14-4-5-18(24)17(23)8-14/h4-5,8-10,13,15H,3,6-7,11-12H2,1-2H3,(H,25,26,27). The van der Waals surface area contributed by atoms with Crippen LogP contribution in [0.4, 0.5) is 15.9 Å². The van der Waals surface area contributed by atoms with Gasteiger partial charge in [-0.15, -0.1) is 0 Å². The highest BCUT2D eigenvalue weighted by Gasteiger charge is 2.21. The molecule has 1 aliphatic rings. The van der Waals surface area contributed by atoms with Gasteiger partial charge in [0.05, 0.1) is 24.3 Å². The van der Waals surface area contributed by atoms with Crippen LogP contribution in [0.3, 0.4) is 0 Å². The topological polar surface area (TPSA) is 68.7 Å². The fourth-order valence-electron chi connectivity index (χ4n) is 3.50. The van der Waals surface area contributed by atoms with E-state index in [1.165, 1.54) is 18.5 Å². The molecule has 0 spiro atoms. The van der Waals surface area contributed by atoms with Gasteiger partial charge in [-0.25, -0.2) is 14.4 Å². The van der Waals surface area contributed by atoms with Gasteiger partial charge in [0.15, 0.2) is 11.5 Å². The predicted molar refractivity (Wildman–Crippen MR) is 118 cm³/mol. The number of nitrogens with zero attached hydrogens (tertiary/aromatic N) is 3. The van der Waals surface area contributed by atoms with Crippen LogP contribution in [0.2, 0.25) is 5.02 Å². The lowest BCUT2D eigenvalue weighted by Gasteiger charge is -2.31. The second kappa shape index (κ2) is 9.64. The maximum atomic E-state index is 13.5. The van der Waals surface area contributed by atoms with Crippen LogP contribution in [0.15, 0.2) is 36.7 Å². The van der Waals surface area contributed by atoms with Gasteiger partial charge in [-0.3, -0.25) is 4.90 Å². The minimum absolute atomic E-state index is 0.0000421. The number of anilines is 2. The summed E-state index contributed by atoms with van der Waals surface area (Å²) in [6, 6.07) is 8.03. The summed E-state index contributed by atoms with van der Waals surface area (Å²) in [5.41, 5.74) is 1.29. The van der Waals surface area contributed by atoms with Crippen LogP contribution in [0.25, 0.3) is 10.9 Å². The molecule has 9 heteroatoms. The van der Waals surface area contributed by atoms with E-state index >= 15 is 0 Å². The Morgan fingerprint density at radius 3 is 2.90 bits per heavy atom. The van der Waals surface area contributed by atoms with Crippen LogP contribution < -0.4 is 14.8 Å². The summed E-state index contributed by atoms with van der Waals surface area (Å²) in [5, 5.41) is 3.92. The average Bonchev–Trinajstić information content (AvgIpc) is 2.80. The van der Waals surface area contributed by atoms with E-state index in [4.69, 9.17) is 25.8 Å². The van der Waals surface area contributed by atoms with Crippen molar-refractivity contribution in [1.29, 1.82) is 0 Å². The lowest BCUT2D eigenvalue weighted by atomic mass is 10.2. The molecule has 3 aromatic rings. The summed E-state index contributed by atoms with van der Waals surface area (Å²) >= 11 is 5.89. The van der Waals surface area contributed by atoms with Crippen molar-refractivity contribution in [2.75, 3.05) is 45.3 Å². The number of morpholine rings is 1. The van der Waals surface area contributed by atoms with Gasteiger partial charge >= 0.3 is 0 Å². The molecule has 0 radical (unpaired) electrons. The molecule has 1 fully saturated rings. The quantitative estimate of drug-likeness (QED) is 0.581. The molecule has 2 aromatic carbocycles. The Morgan fingerprint density at radius 2 is 2.13 bits per heavy atom. The molecule has 1 atom stereocenters. The summed E-state index contributed by atoms with van der Waals surface area (Å²) < 4.78 is 30.9. The van der Waals surface area contributed by atoms with E-state index < -0.39 is 5.82 Å². The average molecular weight is 447 g/mol. The van der Waals surface area contributed by atoms with Crippen molar-refractivity contribution in [2.24, 2.45) is 0 Å². The first-order valence-corrected chi connectivity index (χ1v) is 10.5. The fourth-order valence-corrected chi connectivity index (χ4v) is 3.68. The first kappa shape index (κ1) is 21.5. The van der Waals surface area contributed by atoms with Gasteiger partial charge in [0, 0.05) is 30.2 Å². The van der Waals surface area contributed by atoms with Crippen LogP contribution in [-0.4, -0.2) is 60.9 Å². The molecule has 4 rings (SSSR count). The first-order chi connectivity index (χ1) is 15.1. The van der Waals surface area contributed by atoms with Crippen LogP contribution in [0.1, 0.15) is 6.92 Å². The Labute approximate surface area is 185 Å². The minimum Gasteiger partial charge on any atom is -0.493 e. The summed E-state index contributed by atoms with van der Waals surface area (Å²) in [6.07, 6.45) is 1.45. The largest absolute Gasteiger partial charge is 0.493 e. The lowest BCUT2D eigenvalue weighted by molar-refractivity contribution is -0.0466. The van der Waals surface area contributed by atoms with E-state index in [2.05, 4.69) is 27.1 Å². The predicted octanol–water partition coefficient (Wildman–Crippen LogP) is 4.27. The van der Waals surface area contributed by atoms with E-state index in [1.807, 2.05) is 12.1 Å². The van der Waals surface area contributed by atoms with Gasteiger partial charge in [-0.1, -0.05) is 18.5 Å². The molecule has 31 heavy (non-hydrogen) atoms. The molecular formula is C22H24ClFN4O3. The Hall–Kier alpha value is -2.68. The molecule has 0 saturated carbocycles. The van der Waals surface area contributed by atoms with Gasteiger partial charge in [-0.05, 0) is 30.8 Å². The molecule has 1 aromatic heterocycles. The number of benzene rings is 2. The van der Waals surface area contributed by atoms with Crippen molar-refractivity contribution in [3.05, 3.63) is 47.5 Å². The molecule has 2 heterocycles. The van der Waals surface area contributed by atoms with Crippen LogP contribution in [-0.2, 0) is 4.74 Å². The molecular weight excluding hydrogens is 423 g/mol. The zero-order chi connectivity index (χ0) is 21.8. The second-order valence-corrected chi connectivity index (χ2v) is 7.60. The zero-order valence-electron chi connectivity index (χ0n) is 17.4. The zero-order valence-corrected chi connectivity index (χ0v) is 18.2. The number of hydrogen-bond donors (Lipinski definition) is 1. The number of fused-ring (bicyclic) bond motifs is 1. The fraction of sp³-hybridized carbons (Fsp3) is 0.364. The van der Waals surface area contributed by atoms with Crippen molar-refractivity contribution in [1.82, 2.24) is 14.9 Å². The molecule has 164 valence electrons. The van der Waals surface area contributed by atoms with Gasteiger partial charge in [0.1, 0.15) is 30.7 Å². The van der Waals surface area contributed by atoms with E-state index in [9.17, 15) is 4.39 Å². The number of ether oxygens (including phenoxy) is 3. The number of nitrogens with one attached hydrogen (secondary N) is 1. The molecule has 1 unspecified atom stereocenters. The molecule has 7 nitrogen and oxygen atoms in total. The summed E-state index contributed by atoms with van der Waals surface area (Å²) in [7, 11) is 1.58. The van der Waals surface area contributed by atoms with Crippen molar-refractivity contribution in [2.45, 2.75) is 13.0 Å². The third-order valence-corrected chi connectivity index (χ3v) is 5.49. The summed E-state index contributed by atoms with van der Waals surface area (Å²) in [4.78, 5) is 11.0. The van der Waals surface area contributed by atoms with Gasteiger partial charge in [0.25, 0.3) is 0 Å². The Bertz CT molecular complexity index is 1070. The number of aromatic nitrogens is 2. The van der Waals surface area contributed by atoms with Crippen LogP contribution in [0, 0.1) is 5.82 Å². The monoisotopic (exact) mass is 446 g/mol. The smallest absolute Gasteiger partial charge is 0.163 e. The highest BCUT2D eigenvalue weighted by Crippen LogP contribution is 2.35. The molecule has 0 aliphatic carbocycles. The number of likely N-dealkylation sites (N-methyl/N-ethyl adjacent to an activating group) is 1. The van der Waals surface area contributed by atoms with Crippen molar-refractivity contribution in [3.8, 4) is 11.5 Å². The highest BCUT2D eigenvalue weighted by molar-refractivity contribution is 6.31. The second-order valence-electron chi connectivity index (χ2n) is 7.19. The Kier molecular flexibility index (Phi) is 6.70. The maximum Gasteiger partial charge on any atom is 0.163 e. The SMILES string of the molecule is CCN1CCOC(COc2cc3ncnc(Nc4ccc(F)c(Cl)c4)c3cc2OC)C1. The lowest BCUT2D eigenvalue weighted by Crippen LogP contribution is -2.44. The molecule has 0 bridgehead atoms. The number of hydrogen-bond acceptors (Lipinski definition) is 7. The number of methoxy groups -OCH3 is 1.